The second-order valence-corrected chi connectivity index (χ2v) is 7.85. The molecule has 178 valence electrons. The SMILES string of the molecule is CCOC(=O)c1ccc(-c2n[nH]c3c2C(C(=O)c2c(F)cccc2C(F)(F)F)CCC3)c(F)c1. The number of carbonyl (C=O) groups is 2. The zero-order valence-electron chi connectivity index (χ0n) is 17.9. The molecule has 0 bridgehead atoms. The van der Waals surface area contributed by atoms with Crippen molar-refractivity contribution in [2.75, 3.05) is 6.61 Å². The Bertz CT molecular complexity index is 1270. The number of carbonyl (C=O) groups excluding carboxylic acids is 2. The number of H-pyrrole nitrogens is 1. The fourth-order valence-corrected chi connectivity index (χ4v) is 4.28. The molecule has 0 amide bonds. The molecule has 1 heterocycles. The van der Waals surface area contributed by atoms with Gasteiger partial charge in [0.1, 0.15) is 11.6 Å². The minimum atomic E-state index is -4.93. The van der Waals surface area contributed by atoms with E-state index in [9.17, 15) is 31.5 Å². The molecule has 1 aliphatic carbocycles. The molecule has 10 heteroatoms. The summed E-state index contributed by atoms with van der Waals surface area (Å²) in [6.45, 7) is 1.71. The number of benzene rings is 2. The summed E-state index contributed by atoms with van der Waals surface area (Å²) in [6, 6.07) is 5.94. The van der Waals surface area contributed by atoms with E-state index < -0.39 is 46.6 Å². The number of aryl methyl sites for hydroxylation is 1. The lowest BCUT2D eigenvalue weighted by Gasteiger charge is -2.24. The number of rotatable bonds is 5. The highest BCUT2D eigenvalue weighted by atomic mass is 19.4. The lowest BCUT2D eigenvalue weighted by molar-refractivity contribution is -0.138. The van der Waals surface area contributed by atoms with Crippen LogP contribution in [0.1, 0.15) is 63.2 Å². The maximum absolute atomic E-state index is 15.0. The van der Waals surface area contributed by atoms with Gasteiger partial charge in [0.05, 0.1) is 34.9 Å². The molecule has 0 spiro atoms. The number of esters is 1. The van der Waals surface area contributed by atoms with Gasteiger partial charge in [-0.3, -0.25) is 9.89 Å². The summed E-state index contributed by atoms with van der Waals surface area (Å²) in [7, 11) is 0. The van der Waals surface area contributed by atoms with Crippen molar-refractivity contribution in [2.45, 2.75) is 38.3 Å². The third-order valence-electron chi connectivity index (χ3n) is 5.77. The van der Waals surface area contributed by atoms with Gasteiger partial charge < -0.3 is 4.74 Å². The van der Waals surface area contributed by atoms with E-state index in [4.69, 9.17) is 4.74 Å². The highest BCUT2D eigenvalue weighted by Crippen LogP contribution is 2.42. The lowest BCUT2D eigenvalue weighted by atomic mass is 9.78. The number of fused-ring (bicyclic) bond motifs is 1. The molecule has 1 aromatic heterocycles. The van der Waals surface area contributed by atoms with Crippen LogP contribution in [0.4, 0.5) is 22.0 Å². The van der Waals surface area contributed by atoms with Crippen molar-refractivity contribution in [1.82, 2.24) is 10.2 Å². The number of ether oxygens (including phenoxy) is 1. The molecule has 1 N–H and O–H groups in total. The lowest BCUT2D eigenvalue weighted by Crippen LogP contribution is -2.23. The maximum Gasteiger partial charge on any atom is 0.417 e. The molecule has 2 aromatic carbocycles. The normalized spacial score (nSPS) is 15.6. The Morgan fingerprint density at radius 2 is 1.91 bits per heavy atom. The molecule has 0 fully saturated rings. The smallest absolute Gasteiger partial charge is 0.417 e. The molecule has 0 radical (unpaired) electrons. The van der Waals surface area contributed by atoms with Crippen LogP contribution in [-0.4, -0.2) is 28.6 Å². The van der Waals surface area contributed by atoms with Gasteiger partial charge in [-0.15, -0.1) is 0 Å². The topological polar surface area (TPSA) is 72.0 Å². The summed E-state index contributed by atoms with van der Waals surface area (Å²) in [5.41, 5.74) is -1.74. The number of nitrogens with zero attached hydrogens (tertiary/aromatic N) is 1. The van der Waals surface area contributed by atoms with Crippen LogP contribution < -0.4 is 0 Å². The Morgan fingerprint density at radius 1 is 1.15 bits per heavy atom. The first-order valence-corrected chi connectivity index (χ1v) is 10.6. The molecule has 5 nitrogen and oxygen atoms in total. The summed E-state index contributed by atoms with van der Waals surface area (Å²) in [4.78, 5) is 25.2. The van der Waals surface area contributed by atoms with Crippen LogP contribution in [0.15, 0.2) is 36.4 Å². The molecular weight excluding hydrogens is 459 g/mol. The van der Waals surface area contributed by atoms with E-state index >= 15 is 0 Å². The first kappa shape index (κ1) is 23.6. The van der Waals surface area contributed by atoms with Crippen LogP contribution in [0, 0.1) is 11.6 Å². The van der Waals surface area contributed by atoms with Crippen LogP contribution in [0.2, 0.25) is 0 Å². The number of aromatic amines is 1. The fraction of sp³-hybridized carbons (Fsp3) is 0.292. The number of Topliss-reactive ketones (excluding diaryl/α,β-unsaturated/α-hetero) is 1. The van der Waals surface area contributed by atoms with E-state index in [1.54, 1.807) is 6.92 Å². The molecule has 1 atom stereocenters. The van der Waals surface area contributed by atoms with Gasteiger partial charge in [-0.05, 0) is 56.5 Å². The number of aromatic nitrogens is 2. The van der Waals surface area contributed by atoms with Crippen LogP contribution in [0.25, 0.3) is 11.3 Å². The molecule has 34 heavy (non-hydrogen) atoms. The number of ketones is 1. The van der Waals surface area contributed by atoms with Gasteiger partial charge in [0.15, 0.2) is 5.78 Å². The van der Waals surface area contributed by atoms with Crippen molar-refractivity contribution in [2.24, 2.45) is 0 Å². The standard InChI is InChI=1S/C24H19F5N2O3/c1-2-34-23(33)12-9-10-13(17(26)11-12)21-19-14(5-3-8-18(19)30-31-21)22(32)20-15(24(27,28)29)6-4-7-16(20)25/h4,6-7,9-11,14H,2-3,5,8H2,1H3,(H,30,31). The Morgan fingerprint density at radius 3 is 2.59 bits per heavy atom. The van der Waals surface area contributed by atoms with Crippen LogP contribution >= 0.6 is 0 Å². The van der Waals surface area contributed by atoms with Gasteiger partial charge in [0, 0.05) is 16.8 Å². The first-order chi connectivity index (χ1) is 16.1. The van der Waals surface area contributed by atoms with Gasteiger partial charge in [-0.1, -0.05) is 6.07 Å². The number of halogens is 5. The molecule has 4 rings (SSSR count). The van der Waals surface area contributed by atoms with Crippen molar-refractivity contribution in [1.29, 1.82) is 0 Å². The molecule has 0 aliphatic heterocycles. The number of alkyl halides is 3. The Hall–Kier alpha value is -3.56. The third-order valence-corrected chi connectivity index (χ3v) is 5.77. The minimum absolute atomic E-state index is 0.0266. The van der Waals surface area contributed by atoms with Crippen molar-refractivity contribution >= 4 is 11.8 Å². The van der Waals surface area contributed by atoms with Crippen LogP contribution in [0.5, 0.6) is 0 Å². The summed E-state index contributed by atoms with van der Waals surface area (Å²) >= 11 is 0. The van der Waals surface area contributed by atoms with E-state index in [0.717, 1.165) is 18.2 Å². The summed E-state index contributed by atoms with van der Waals surface area (Å²) in [6.07, 6.45) is -3.89. The maximum atomic E-state index is 15.0. The van der Waals surface area contributed by atoms with Crippen molar-refractivity contribution < 1.29 is 36.3 Å². The van der Waals surface area contributed by atoms with Crippen molar-refractivity contribution in [3.63, 3.8) is 0 Å². The van der Waals surface area contributed by atoms with Crippen LogP contribution in [-0.2, 0) is 17.3 Å². The molecular formula is C24H19F5N2O3. The Balaban J connectivity index is 1.80. The molecule has 0 saturated heterocycles. The van der Waals surface area contributed by atoms with E-state index in [0.29, 0.717) is 24.6 Å². The third kappa shape index (κ3) is 4.20. The fourth-order valence-electron chi connectivity index (χ4n) is 4.28. The van der Waals surface area contributed by atoms with Gasteiger partial charge in [0.25, 0.3) is 0 Å². The Labute approximate surface area is 190 Å². The second kappa shape index (κ2) is 9.00. The van der Waals surface area contributed by atoms with E-state index in [2.05, 4.69) is 10.2 Å². The Kier molecular flexibility index (Phi) is 6.24. The number of hydrogen-bond acceptors (Lipinski definition) is 4. The van der Waals surface area contributed by atoms with Gasteiger partial charge in [-0.25, -0.2) is 13.6 Å². The average molecular weight is 478 g/mol. The predicted molar refractivity (Wildman–Crippen MR) is 111 cm³/mol. The molecule has 0 saturated carbocycles. The average Bonchev–Trinajstić information content (AvgIpc) is 3.22. The number of nitrogens with one attached hydrogen (secondary N) is 1. The first-order valence-electron chi connectivity index (χ1n) is 10.6. The van der Waals surface area contributed by atoms with E-state index in [1.165, 1.54) is 12.1 Å². The zero-order valence-corrected chi connectivity index (χ0v) is 17.9. The highest BCUT2D eigenvalue weighted by Gasteiger charge is 2.41. The second-order valence-electron chi connectivity index (χ2n) is 7.85. The largest absolute Gasteiger partial charge is 0.462 e. The minimum Gasteiger partial charge on any atom is -0.462 e. The molecule has 1 aliphatic rings. The van der Waals surface area contributed by atoms with Gasteiger partial charge in [0.2, 0.25) is 0 Å². The number of hydrogen-bond donors (Lipinski definition) is 1. The molecule has 3 aromatic rings. The van der Waals surface area contributed by atoms with Crippen LogP contribution in [0.3, 0.4) is 0 Å². The monoisotopic (exact) mass is 478 g/mol. The predicted octanol–water partition coefficient (Wildman–Crippen LogP) is 5.85. The summed E-state index contributed by atoms with van der Waals surface area (Å²) in [5.74, 6) is -5.01. The van der Waals surface area contributed by atoms with Crippen molar-refractivity contribution in [3.05, 3.63) is 76.0 Å². The van der Waals surface area contributed by atoms with E-state index in [-0.39, 0.29) is 35.4 Å². The molecule has 1 unspecified atom stereocenters. The van der Waals surface area contributed by atoms with Gasteiger partial charge in [-0.2, -0.15) is 18.3 Å². The highest BCUT2D eigenvalue weighted by molar-refractivity contribution is 6.03. The quantitative estimate of drug-likeness (QED) is 0.284. The zero-order chi connectivity index (χ0) is 24.6. The summed E-state index contributed by atoms with van der Waals surface area (Å²) < 4.78 is 74.9. The summed E-state index contributed by atoms with van der Waals surface area (Å²) in [5, 5.41) is 6.84. The van der Waals surface area contributed by atoms with E-state index in [1.807, 2.05) is 0 Å². The van der Waals surface area contributed by atoms with Crippen molar-refractivity contribution in [3.8, 4) is 11.3 Å². The van der Waals surface area contributed by atoms with Gasteiger partial charge >= 0.3 is 12.1 Å².